The summed E-state index contributed by atoms with van der Waals surface area (Å²) < 4.78 is 1.18. The number of aryl methyl sites for hydroxylation is 2. The van der Waals surface area contributed by atoms with Gasteiger partial charge in [0.2, 0.25) is 5.91 Å². The minimum Gasteiger partial charge on any atom is -0.326 e. The summed E-state index contributed by atoms with van der Waals surface area (Å²) in [5.41, 5.74) is 3.62. The summed E-state index contributed by atoms with van der Waals surface area (Å²) in [6, 6.07) is 18.0. The van der Waals surface area contributed by atoms with Gasteiger partial charge in [0.15, 0.2) is 0 Å². The highest BCUT2D eigenvalue weighted by Crippen LogP contribution is 2.32. The number of benzene rings is 2. The Morgan fingerprint density at radius 1 is 1.06 bits per heavy atom. The van der Waals surface area contributed by atoms with Crippen LogP contribution in [0.5, 0.6) is 0 Å². The molecule has 3 aromatic rings. The lowest BCUT2D eigenvalue weighted by molar-refractivity contribution is -0.116. The van der Waals surface area contributed by atoms with Crippen molar-refractivity contribution in [3.8, 4) is 0 Å². The molecule has 1 atom stereocenters. The Morgan fingerprint density at radius 3 is 2.58 bits per heavy atom. The average molecular weight is 416 g/mol. The van der Waals surface area contributed by atoms with E-state index in [1.807, 2.05) is 62.4 Å². The zero-order valence-electron chi connectivity index (χ0n) is 17.5. The Morgan fingerprint density at radius 2 is 1.81 bits per heavy atom. The number of rotatable bonds is 5. The van der Waals surface area contributed by atoms with Crippen molar-refractivity contribution in [2.24, 2.45) is 0 Å². The van der Waals surface area contributed by atoms with Gasteiger partial charge in [-0.3, -0.25) is 14.4 Å². The number of nitrogens with zero attached hydrogens (tertiary/aromatic N) is 3. The smallest absolute Gasteiger partial charge is 0.278 e. The fourth-order valence-corrected chi connectivity index (χ4v) is 3.79. The van der Waals surface area contributed by atoms with Crippen LogP contribution in [0.4, 0.5) is 11.4 Å². The van der Waals surface area contributed by atoms with Crippen LogP contribution in [-0.2, 0) is 17.8 Å². The van der Waals surface area contributed by atoms with Gasteiger partial charge in [-0.15, -0.1) is 0 Å². The number of nitrogens with one attached hydrogen (secondary N) is 1. The van der Waals surface area contributed by atoms with Gasteiger partial charge < -0.3 is 10.2 Å². The number of fused-ring (bicyclic) bond motifs is 1. The Labute approximate surface area is 180 Å². The summed E-state index contributed by atoms with van der Waals surface area (Å²) in [7, 11) is 0. The normalized spacial score (nSPS) is 14.9. The summed E-state index contributed by atoms with van der Waals surface area (Å²) in [5, 5.41) is 7.05. The van der Waals surface area contributed by atoms with Gasteiger partial charge in [0.05, 0.1) is 6.54 Å². The molecule has 31 heavy (non-hydrogen) atoms. The van der Waals surface area contributed by atoms with E-state index in [1.54, 1.807) is 4.90 Å². The number of hydrogen-bond acceptors (Lipinski definition) is 4. The summed E-state index contributed by atoms with van der Waals surface area (Å²) in [5.74, 6) is -0.480. The monoisotopic (exact) mass is 416 g/mol. The predicted octanol–water partition coefficient (Wildman–Crippen LogP) is 3.17. The molecule has 0 saturated carbocycles. The number of aromatic nitrogens is 2. The maximum absolute atomic E-state index is 13.2. The number of hydrogen-bond donors (Lipinski definition) is 1. The highest BCUT2D eigenvalue weighted by Gasteiger charge is 2.32. The lowest BCUT2D eigenvalue weighted by Gasteiger charge is -2.22. The minimum atomic E-state index is -0.352. The maximum atomic E-state index is 13.2. The molecule has 0 unspecified atom stereocenters. The number of anilines is 2. The lowest BCUT2D eigenvalue weighted by atomic mass is 10.1. The molecule has 0 bridgehead atoms. The molecule has 1 aromatic heterocycles. The van der Waals surface area contributed by atoms with Crippen LogP contribution >= 0.6 is 0 Å². The van der Waals surface area contributed by atoms with Gasteiger partial charge >= 0.3 is 0 Å². The van der Waals surface area contributed by atoms with Crippen molar-refractivity contribution < 1.29 is 9.59 Å². The topological polar surface area (TPSA) is 84.3 Å². The van der Waals surface area contributed by atoms with Crippen molar-refractivity contribution in [1.82, 2.24) is 9.78 Å². The van der Waals surface area contributed by atoms with Gasteiger partial charge in [-0.05, 0) is 50.1 Å². The van der Waals surface area contributed by atoms with E-state index in [4.69, 9.17) is 0 Å². The van der Waals surface area contributed by atoms with Gasteiger partial charge in [0.1, 0.15) is 5.69 Å². The van der Waals surface area contributed by atoms with E-state index in [9.17, 15) is 14.4 Å². The van der Waals surface area contributed by atoms with Gasteiger partial charge in [-0.25, -0.2) is 4.68 Å². The fourth-order valence-electron chi connectivity index (χ4n) is 3.79. The van der Waals surface area contributed by atoms with E-state index < -0.39 is 0 Å². The van der Waals surface area contributed by atoms with Crippen molar-refractivity contribution in [2.45, 2.75) is 39.3 Å². The first-order valence-corrected chi connectivity index (χ1v) is 10.3. The van der Waals surface area contributed by atoms with Crippen molar-refractivity contribution >= 4 is 23.2 Å². The molecule has 1 aliphatic rings. The minimum absolute atomic E-state index is 0.00682. The average Bonchev–Trinajstić information content (AvgIpc) is 3.10. The zero-order valence-corrected chi connectivity index (χ0v) is 17.5. The van der Waals surface area contributed by atoms with E-state index in [1.165, 1.54) is 16.8 Å². The van der Waals surface area contributed by atoms with Crippen LogP contribution in [0.3, 0.4) is 0 Å². The van der Waals surface area contributed by atoms with E-state index in [0.717, 1.165) is 23.2 Å². The molecule has 2 amide bonds. The highest BCUT2D eigenvalue weighted by atomic mass is 16.2. The molecule has 4 rings (SSSR count). The standard InChI is InChI=1S/C24H24N4O3/c1-16-7-9-19(10-8-16)25-22(29)13-14-27-23(30)12-11-20(26-27)24(31)28-17(2)15-18-5-3-4-6-21(18)28/h3-12,17H,13-15H2,1-2H3,(H,25,29)/t17-/m1/s1. The van der Waals surface area contributed by atoms with E-state index in [0.29, 0.717) is 5.69 Å². The van der Waals surface area contributed by atoms with Crippen LogP contribution in [0.25, 0.3) is 0 Å². The Balaban J connectivity index is 1.47. The second kappa shape index (κ2) is 8.55. The quantitative estimate of drug-likeness (QED) is 0.692. The predicted molar refractivity (Wildman–Crippen MR) is 119 cm³/mol. The van der Waals surface area contributed by atoms with E-state index >= 15 is 0 Å². The number of carbonyl (C=O) groups excluding carboxylic acids is 2. The number of amides is 2. The van der Waals surface area contributed by atoms with E-state index in [-0.39, 0.29) is 42.1 Å². The SMILES string of the molecule is Cc1ccc(NC(=O)CCn2nc(C(=O)N3c4ccccc4C[C@H]3C)ccc2=O)cc1. The van der Waals surface area contributed by atoms with E-state index in [2.05, 4.69) is 10.4 Å². The zero-order chi connectivity index (χ0) is 22.0. The number of para-hydroxylation sites is 1. The molecule has 0 spiro atoms. The molecule has 158 valence electrons. The fraction of sp³-hybridized carbons (Fsp3) is 0.250. The summed E-state index contributed by atoms with van der Waals surface area (Å²) in [4.78, 5) is 39.4. The molecule has 0 aliphatic carbocycles. The molecule has 2 heterocycles. The van der Waals surface area contributed by atoms with Crippen molar-refractivity contribution in [1.29, 1.82) is 0 Å². The molecule has 0 saturated heterocycles. The second-order valence-corrected chi connectivity index (χ2v) is 7.80. The Hall–Kier alpha value is -3.74. The van der Waals surface area contributed by atoms with Crippen LogP contribution in [-0.4, -0.2) is 27.6 Å². The van der Waals surface area contributed by atoms with Crippen LogP contribution < -0.4 is 15.8 Å². The van der Waals surface area contributed by atoms with Crippen molar-refractivity contribution in [2.75, 3.05) is 10.2 Å². The summed E-state index contributed by atoms with van der Waals surface area (Å²) in [6.45, 7) is 4.05. The van der Waals surface area contributed by atoms with Crippen LogP contribution in [0.2, 0.25) is 0 Å². The molecule has 7 nitrogen and oxygen atoms in total. The molecule has 7 heteroatoms. The maximum Gasteiger partial charge on any atom is 0.278 e. The first-order valence-electron chi connectivity index (χ1n) is 10.3. The summed E-state index contributed by atoms with van der Waals surface area (Å²) in [6.07, 6.45) is 0.849. The van der Waals surface area contributed by atoms with Gasteiger partial charge in [-0.1, -0.05) is 35.9 Å². The number of carbonyl (C=O) groups is 2. The third-order valence-corrected chi connectivity index (χ3v) is 5.40. The Kier molecular flexibility index (Phi) is 5.66. The molecule has 2 aromatic carbocycles. The lowest BCUT2D eigenvalue weighted by Crippen LogP contribution is -2.37. The van der Waals surface area contributed by atoms with Gasteiger partial charge in [-0.2, -0.15) is 5.10 Å². The van der Waals surface area contributed by atoms with Gasteiger partial charge in [0, 0.05) is 29.9 Å². The third kappa shape index (κ3) is 4.40. The molecule has 1 aliphatic heterocycles. The Bertz CT molecular complexity index is 1180. The summed E-state index contributed by atoms with van der Waals surface area (Å²) >= 11 is 0. The first kappa shape index (κ1) is 20.5. The third-order valence-electron chi connectivity index (χ3n) is 5.40. The molecular weight excluding hydrogens is 392 g/mol. The van der Waals surface area contributed by atoms with Crippen LogP contribution in [0.1, 0.15) is 35.0 Å². The van der Waals surface area contributed by atoms with Crippen LogP contribution in [0.15, 0.2) is 65.5 Å². The highest BCUT2D eigenvalue weighted by molar-refractivity contribution is 6.06. The second-order valence-electron chi connectivity index (χ2n) is 7.80. The van der Waals surface area contributed by atoms with Gasteiger partial charge in [0.25, 0.3) is 11.5 Å². The molecule has 0 fully saturated rings. The molecule has 0 radical (unpaired) electrons. The molecule has 1 N–H and O–H groups in total. The van der Waals surface area contributed by atoms with Crippen LogP contribution in [0, 0.1) is 6.92 Å². The van der Waals surface area contributed by atoms with Crippen molar-refractivity contribution in [3.63, 3.8) is 0 Å². The molecular formula is C24H24N4O3. The van der Waals surface area contributed by atoms with Crippen molar-refractivity contribution in [3.05, 3.63) is 87.8 Å². The largest absolute Gasteiger partial charge is 0.326 e. The first-order chi connectivity index (χ1) is 14.9.